The molecule has 0 unspecified atom stereocenters. The second-order valence-corrected chi connectivity index (χ2v) is 9.53. The number of para-hydroxylation sites is 1. The number of hydrazine groups is 1. The minimum absolute atomic E-state index is 0.0841. The molecular weight excluding hydrogens is 474 g/mol. The van der Waals surface area contributed by atoms with Crippen LogP contribution in [0.4, 0.5) is 0 Å². The number of hydrogen-bond donors (Lipinski definition) is 2. The highest BCUT2D eigenvalue weighted by molar-refractivity contribution is 7.89. The van der Waals surface area contributed by atoms with Crippen molar-refractivity contribution in [3.63, 3.8) is 0 Å². The number of benzene rings is 2. The van der Waals surface area contributed by atoms with E-state index < -0.39 is 28.4 Å². The van der Waals surface area contributed by atoms with Gasteiger partial charge < -0.3 is 9.64 Å². The van der Waals surface area contributed by atoms with Crippen LogP contribution in [0.15, 0.2) is 59.5 Å². The van der Waals surface area contributed by atoms with Gasteiger partial charge in [-0.3, -0.25) is 25.2 Å². The summed E-state index contributed by atoms with van der Waals surface area (Å²) in [4.78, 5) is 38.0. The van der Waals surface area contributed by atoms with Crippen LogP contribution in [-0.2, 0) is 24.4 Å². The lowest BCUT2D eigenvalue weighted by atomic mass is 10.2. The summed E-state index contributed by atoms with van der Waals surface area (Å²) >= 11 is 0. The Hall–Kier alpha value is -3.95. The topological polar surface area (TPSA) is 149 Å². The summed E-state index contributed by atoms with van der Waals surface area (Å²) in [5.74, 6) is -1.22. The van der Waals surface area contributed by atoms with E-state index in [9.17, 15) is 22.8 Å². The van der Waals surface area contributed by atoms with Gasteiger partial charge in [-0.25, -0.2) is 8.42 Å². The molecule has 2 aromatic rings. The summed E-state index contributed by atoms with van der Waals surface area (Å²) in [6.07, 6.45) is -0.237. The Labute approximate surface area is 203 Å². The number of carbonyl (C=O) groups is 3. The Bertz CT molecular complexity index is 1200. The Morgan fingerprint density at radius 3 is 2.20 bits per heavy atom. The number of rotatable bonds is 8. The first-order valence-corrected chi connectivity index (χ1v) is 12.3. The minimum atomic E-state index is -3.61. The highest BCUT2D eigenvalue weighted by Crippen LogP contribution is 2.18. The summed E-state index contributed by atoms with van der Waals surface area (Å²) in [6, 6.07) is 16.5. The van der Waals surface area contributed by atoms with Crippen LogP contribution < -0.4 is 15.6 Å². The maximum Gasteiger partial charge on any atom is 0.276 e. The molecule has 184 valence electrons. The molecule has 1 aliphatic heterocycles. The molecule has 0 spiro atoms. The van der Waals surface area contributed by atoms with Crippen molar-refractivity contribution >= 4 is 27.7 Å². The molecule has 1 aliphatic rings. The van der Waals surface area contributed by atoms with Gasteiger partial charge in [-0.2, -0.15) is 9.57 Å². The number of carbonyl (C=O) groups excluding carboxylic acids is 3. The monoisotopic (exact) mass is 499 g/mol. The van der Waals surface area contributed by atoms with E-state index in [0.29, 0.717) is 0 Å². The maximum absolute atomic E-state index is 12.7. The quantitative estimate of drug-likeness (QED) is 0.499. The van der Waals surface area contributed by atoms with E-state index in [-0.39, 0.29) is 61.1 Å². The van der Waals surface area contributed by atoms with Crippen molar-refractivity contribution in [3.8, 4) is 11.8 Å². The number of hydrogen-bond acceptors (Lipinski definition) is 7. The lowest BCUT2D eigenvalue weighted by Gasteiger charge is -2.34. The largest absolute Gasteiger partial charge is 0.482 e. The van der Waals surface area contributed by atoms with Gasteiger partial charge in [0.2, 0.25) is 21.8 Å². The average Bonchev–Trinajstić information content (AvgIpc) is 2.90. The number of ether oxygens (including phenoxy) is 1. The molecule has 1 saturated heterocycles. The standard InChI is InChI=1S/C23H25N5O6S/c24-16-18-6-4-5-9-20(18)34-17-22(30)26-25-21(29)10-11-23(31)27-12-14-28(15-13-27)35(32,33)19-7-2-1-3-8-19/h1-9H,10-15,17H2,(H,25,29)(H,26,30). The fourth-order valence-electron chi connectivity index (χ4n) is 3.36. The molecule has 0 aliphatic carbocycles. The van der Waals surface area contributed by atoms with Gasteiger partial charge in [0.15, 0.2) is 6.61 Å². The molecule has 1 heterocycles. The highest BCUT2D eigenvalue weighted by atomic mass is 32.2. The van der Waals surface area contributed by atoms with Crippen molar-refractivity contribution in [1.29, 1.82) is 5.26 Å². The lowest BCUT2D eigenvalue weighted by Crippen LogP contribution is -2.50. The maximum atomic E-state index is 12.7. The van der Waals surface area contributed by atoms with E-state index in [1.807, 2.05) is 6.07 Å². The summed E-state index contributed by atoms with van der Waals surface area (Å²) in [5, 5.41) is 9.01. The molecule has 1 fully saturated rings. The number of nitrogens with one attached hydrogen (secondary N) is 2. The summed E-state index contributed by atoms with van der Waals surface area (Å²) in [6.45, 7) is 0.379. The Morgan fingerprint density at radius 1 is 0.886 bits per heavy atom. The van der Waals surface area contributed by atoms with Gasteiger partial charge in [0, 0.05) is 39.0 Å². The van der Waals surface area contributed by atoms with Crippen LogP contribution in [0.25, 0.3) is 0 Å². The van der Waals surface area contributed by atoms with Crippen molar-refractivity contribution in [3.05, 3.63) is 60.2 Å². The van der Waals surface area contributed by atoms with E-state index in [2.05, 4.69) is 10.9 Å². The van der Waals surface area contributed by atoms with Gasteiger partial charge in [0.25, 0.3) is 5.91 Å². The number of piperazine rings is 1. The van der Waals surface area contributed by atoms with Crippen molar-refractivity contribution in [2.45, 2.75) is 17.7 Å². The molecule has 35 heavy (non-hydrogen) atoms. The first-order valence-electron chi connectivity index (χ1n) is 10.8. The molecule has 0 atom stereocenters. The van der Waals surface area contributed by atoms with Gasteiger partial charge >= 0.3 is 0 Å². The summed E-state index contributed by atoms with van der Waals surface area (Å²) < 4.78 is 32.0. The van der Waals surface area contributed by atoms with E-state index in [1.165, 1.54) is 21.3 Å². The molecule has 12 heteroatoms. The number of amides is 3. The van der Waals surface area contributed by atoms with Crippen molar-refractivity contribution in [2.24, 2.45) is 0 Å². The summed E-state index contributed by atoms with van der Waals surface area (Å²) in [5.41, 5.74) is 4.67. The zero-order valence-corrected chi connectivity index (χ0v) is 19.7. The second kappa shape index (κ2) is 12.0. The molecule has 0 bridgehead atoms. The molecule has 0 aromatic heterocycles. The molecular formula is C23H25N5O6S. The van der Waals surface area contributed by atoms with Gasteiger partial charge in [-0.15, -0.1) is 0 Å². The molecule has 0 radical (unpaired) electrons. The SMILES string of the molecule is N#Cc1ccccc1OCC(=O)NNC(=O)CCC(=O)N1CCN(S(=O)(=O)c2ccccc2)CC1. The van der Waals surface area contributed by atoms with Crippen LogP contribution in [0, 0.1) is 11.3 Å². The fraction of sp³-hybridized carbons (Fsp3) is 0.304. The van der Waals surface area contributed by atoms with Gasteiger partial charge in [0.1, 0.15) is 11.8 Å². The predicted molar refractivity (Wildman–Crippen MR) is 124 cm³/mol. The molecule has 2 aromatic carbocycles. The highest BCUT2D eigenvalue weighted by Gasteiger charge is 2.30. The Morgan fingerprint density at radius 2 is 1.51 bits per heavy atom. The number of sulfonamides is 1. The molecule has 0 saturated carbocycles. The molecule has 3 rings (SSSR count). The van der Waals surface area contributed by atoms with Crippen LogP contribution in [0.1, 0.15) is 18.4 Å². The van der Waals surface area contributed by atoms with E-state index >= 15 is 0 Å². The first-order chi connectivity index (χ1) is 16.8. The lowest BCUT2D eigenvalue weighted by molar-refractivity contribution is -0.135. The normalized spacial score (nSPS) is 14.0. The zero-order valence-electron chi connectivity index (χ0n) is 18.8. The number of nitriles is 1. The Balaban J connectivity index is 1.36. The molecule has 2 N–H and O–H groups in total. The Kier molecular flexibility index (Phi) is 8.77. The van der Waals surface area contributed by atoms with Crippen molar-refractivity contribution < 1.29 is 27.5 Å². The van der Waals surface area contributed by atoms with E-state index in [1.54, 1.807) is 42.5 Å². The molecule has 3 amide bonds. The smallest absolute Gasteiger partial charge is 0.276 e. The van der Waals surface area contributed by atoms with Crippen molar-refractivity contribution in [2.75, 3.05) is 32.8 Å². The fourth-order valence-corrected chi connectivity index (χ4v) is 4.81. The van der Waals surface area contributed by atoms with Gasteiger partial charge in [-0.05, 0) is 24.3 Å². The van der Waals surface area contributed by atoms with E-state index in [0.717, 1.165) is 0 Å². The predicted octanol–water partition coefficient (Wildman–Crippen LogP) is 0.398. The third kappa shape index (κ3) is 7.02. The van der Waals surface area contributed by atoms with Crippen LogP contribution in [0.5, 0.6) is 5.75 Å². The van der Waals surface area contributed by atoms with E-state index in [4.69, 9.17) is 10.00 Å². The van der Waals surface area contributed by atoms with Gasteiger partial charge in [-0.1, -0.05) is 30.3 Å². The van der Waals surface area contributed by atoms with Gasteiger partial charge in [0.05, 0.1) is 10.5 Å². The third-order valence-corrected chi connectivity index (χ3v) is 7.16. The number of nitrogens with zero attached hydrogens (tertiary/aromatic N) is 3. The molecule has 11 nitrogen and oxygen atoms in total. The first kappa shape index (κ1) is 25.7. The minimum Gasteiger partial charge on any atom is -0.482 e. The average molecular weight is 500 g/mol. The third-order valence-electron chi connectivity index (χ3n) is 5.25. The zero-order chi connectivity index (χ0) is 25.3. The van der Waals surface area contributed by atoms with Crippen molar-refractivity contribution in [1.82, 2.24) is 20.1 Å². The second-order valence-electron chi connectivity index (χ2n) is 7.59. The van der Waals surface area contributed by atoms with Crippen LogP contribution in [0.2, 0.25) is 0 Å². The van der Waals surface area contributed by atoms with Crippen LogP contribution in [0.3, 0.4) is 0 Å². The summed E-state index contributed by atoms with van der Waals surface area (Å²) in [7, 11) is -3.61. The van der Waals surface area contributed by atoms with Crippen LogP contribution in [-0.4, -0.2) is 68.1 Å². The van der Waals surface area contributed by atoms with Crippen LogP contribution >= 0.6 is 0 Å².